The smallest absolute Gasteiger partial charge is 0.0149 e. The Hall–Kier alpha value is -1.30. The van der Waals surface area contributed by atoms with Crippen molar-refractivity contribution >= 4 is 10.8 Å². The average molecular weight is 256 g/mol. The highest BCUT2D eigenvalue weighted by Gasteiger charge is 2.05. The molecule has 0 nitrogen and oxygen atoms in total. The Balaban J connectivity index is 0.000000312. The molecule has 0 aliphatic rings. The van der Waals surface area contributed by atoms with Gasteiger partial charge < -0.3 is 0 Å². The van der Waals surface area contributed by atoms with E-state index in [2.05, 4.69) is 70.2 Å². The molecule has 0 saturated heterocycles. The van der Waals surface area contributed by atoms with Gasteiger partial charge in [-0.05, 0) is 28.7 Å². The predicted molar refractivity (Wildman–Crippen MR) is 87.9 cm³/mol. The molecule has 0 radical (unpaired) electrons. The maximum absolute atomic E-state index is 2.29. The molecule has 2 aromatic rings. The third kappa shape index (κ3) is 4.70. The molecule has 0 unspecified atom stereocenters. The van der Waals surface area contributed by atoms with Gasteiger partial charge in [0.15, 0.2) is 0 Å². The number of hydrogen-bond acceptors (Lipinski definition) is 0. The van der Waals surface area contributed by atoms with Gasteiger partial charge in [-0.2, -0.15) is 0 Å². The van der Waals surface area contributed by atoms with E-state index in [4.69, 9.17) is 0 Å². The number of fused-ring (bicyclic) bond motifs is 1. The van der Waals surface area contributed by atoms with Gasteiger partial charge in [-0.1, -0.05) is 89.4 Å². The molecule has 19 heavy (non-hydrogen) atoms. The van der Waals surface area contributed by atoms with Crippen LogP contribution in [0, 0.1) is 0 Å². The van der Waals surface area contributed by atoms with E-state index in [-0.39, 0.29) is 0 Å². The van der Waals surface area contributed by atoms with E-state index in [1.807, 2.05) is 0 Å². The third-order valence-electron chi connectivity index (χ3n) is 3.67. The van der Waals surface area contributed by atoms with Gasteiger partial charge in [0.1, 0.15) is 0 Å². The molecule has 0 spiro atoms. The minimum absolute atomic E-state index is 0.654. The Bertz CT molecular complexity index is 463. The zero-order chi connectivity index (χ0) is 14.1. The SMILES string of the molecule is CCCCC.CC[C@@H](C)c1cccc2ccccc12. The first kappa shape index (κ1) is 15.8. The zero-order valence-electron chi connectivity index (χ0n) is 12.9. The lowest BCUT2D eigenvalue weighted by atomic mass is 9.93. The van der Waals surface area contributed by atoms with Crippen molar-refractivity contribution in [1.82, 2.24) is 0 Å². The maximum Gasteiger partial charge on any atom is -0.0149 e. The van der Waals surface area contributed by atoms with E-state index in [1.54, 1.807) is 0 Å². The second-order valence-electron chi connectivity index (χ2n) is 5.23. The number of benzene rings is 2. The minimum Gasteiger partial charge on any atom is -0.0654 e. The van der Waals surface area contributed by atoms with E-state index in [0.29, 0.717) is 5.92 Å². The van der Waals surface area contributed by atoms with Gasteiger partial charge in [-0.3, -0.25) is 0 Å². The summed E-state index contributed by atoms with van der Waals surface area (Å²) in [5.74, 6) is 0.654. The molecule has 0 N–H and O–H groups in total. The summed E-state index contributed by atoms with van der Waals surface area (Å²) >= 11 is 0. The lowest BCUT2D eigenvalue weighted by Crippen LogP contribution is -1.92. The number of rotatable bonds is 4. The molecule has 0 bridgehead atoms. The molecule has 0 saturated carbocycles. The molecule has 104 valence electrons. The molecular formula is C19H28. The van der Waals surface area contributed by atoms with Crippen LogP contribution in [0.1, 0.15) is 64.9 Å². The second-order valence-corrected chi connectivity index (χ2v) is 5.23. The van der Waals surface area contributed by atoms with Gasteiger partial charge in [0, 0.05) is 0 Å². The van der Waals surface area contributed by atoms with E-state index < -0.39 is 0 Å². The topological polar surface area (TPSA) is 0 Å². The van der Waals surface area contributed by atoms with Gasteiger partial charge in [-0.25, -0.2) is 0 Å². The van der Waals surface area contributed by atoms with Crippen LogP contribution >= 0.6 is 0 Å². The lowest BCUT2D eigenvalue weighted by Gasteiger charge is -2.12. The molecule has 0 aliphatic carbocycles. The zero-order valence-corrected chi connectivity index (χ0v) is 12.9. The fourth-order valence-electron chi connectivity index (χ4n) is 2.25. The van der Waals surface area contributed by atoms with Crippen LogP contribution in [0.15, 0.2) is 42.5 Å². The van der Waals surface area contributed by atoms with Crippen LogP contribution in [0.4, 0.5) is 0 Å². The molecule has 0 fully saturated rings. The van der Waals surface area contributed by atoms with Crippen molar-refractivity contribution in [2.24, 2.45) is 0 Å². The Kier molecular flexibility index (Phi) is 7.25. The van der Waals surface area contributed by atoms with Gasteiger partial charge in [0.25, 0.3) is 0 Å². The van der Waals surface area contributed by atoms with Crippen molar-refractivity contribution in [1.29, 1.82) is 0 Å². The molecule has 1 atom stereocenters. The Labute approximate surface area is 118 Å². The van der Waals surface area contributed by atoms with Crippen LogP contribution in [0.25, 0.3) is 10.8 Å². The molecule has 0 heteroatoms. The first-order chi connectivity index (χ1) is 9.24. The third-order valence-corrected chi connectivity index (χ3v) is 3.67. The second kappa shape index (κ2) is 8.74. The standard InChI is InChI=1S/C14H16.C5H12/c1-3-11(2)13-10-6-8-12-7-4-5-9-14(12)13;1-3-5-4-2/h4-11H,3H2,1-2H3;3-5H2,1-2H3/t11-;/m1./s1. The number of hydrogen-bond donors (Lipinski definition) is 0. The van der Waals surface area contributed by atoms with Gasteiger partial charge in [0.05, 0.1) is 0 Å². The fraction of sp³-hybridized carbons (Fsp3) is 0.474. The highest BCUT2D eigenvalue weighted by atomic mass is 14.1. The van der Waals surface area contributed by atoms with E-state index in [1.165, 1.54) is 42.0 Å². The lowest BCUT2D eigenvalue weighted by molar-refractivity contribution is 0.740. The van der Waals surface area contributed by atoms with Crippen LogP contribution < -0.4 is 0 Å². The average Bonchev–Trinajstić information content (AvgIpc) is 2.47. The Morgan fingerprint density at radius 3 is 2.05 bits per heavy atom. The number of unbranched alkanes of at least 4 members (excludes halogenated alkanes) is 2. The molecule has 0 amide bonds. The summed E-state index contributed by atoms with van der Waals surface area (Å²) in [5, 5.41) is 2.76. The summed E-state index contributed by atoms with van der Waals surface area (Å²) in [6, 6.07) is 15.2. The summed E-state index contributed by atoms with van der Waals surface area (Å²) in [6.45, 7) is 8.96. The monoisotopic (exact) mass is 256 g/mol. The first-order valence-electron chi connectivity index (χ1n) is 7.72. The molecule has 2 rings (SSSR count). The molecular weight excluding hydrogens is 228 g/mol. The predicted octanol–water partition coefficient (Wildman–Crippen LogP) is 6.55. The highest BCUT2D eigenvalue weighted by molar-refractivity contribution is 5.86. The Morgan fingerprint density at radius 2 is 1.47 bits per heavy atom. The van der Waals surface area contributed by atoms with Crippen LogP contribution in [-0.4, -0.2) is 0 Å². The van der Waals surface area contributed by atoms with Crippen molar-refractivity contribution in [3.63, 3.8) is 0 Å². The summed E-state index contributed by atoms with van der Waals surface area (Å²) < 4.78 is 0. The van der Waals surface area contributed by atoms with Gasteiger partial charge in [-0.15, -0.1) is 0 Å². The van der Waals surface area contributed by atoms with Crippen molar-refractivity contribution in [3.8, 4) is 0 Å². The van der Waals surface area contributed by atoms with Crippen molar-refractivity contribution in [2.45, 2.75) is 59.3 Å². The summed E-state index contributed by atoms with van der Waals surface area (Å²) in [7, 11) is 0. The van der Waals surface area contributed by atoms with E-state index in [9.17, 15) is 0 Å². The maximum atomic E-state index is 2.29. The first-order valence-corrected chi connectivity index (χ1v) is 7.72. The summed E-state index contributed by atoms with van der Waals surface area (Å²) in [4.78, 5) is 0. The van der Waals surface area contributed by atoms with Crippen LogP contribution in [0.2, 0.25) is 0 Å². The minimum atomic E-state index is 0.654. The molecule has 0 aromatic heterocycles. The van der Waals surface area contributed by atoms with Crippen LogP contribution in [0.3, 0.4) is 0 Å². The molecule has 2 aromatic carbocycles. The van der Waals surface area contributed by atoms with Crippen molar-refractivity contribution in [3.05, 3.63) is 48.0 Å². The Morgan fingerprint density at radius 1 is 0.842 bits per heavy atom. The van der Waals surface area contributed by atoms with Gasteiger partial charge >= 0.3 is 0 Å². The largest absolute Gasteiger partial charge is 0.0654 e. The highest BCUT2D eigenvalue weighted by Crippen LogP contribution is 2.26. The van der Waals surface area contributed by atoms with E-state index >= 15 is 0 Å². The summed E-state index contributed by atoms with van der Waals surface area (Å²) in [5.41, 5.74) is 1.48. The van der Waals surface area contributed by atoms with Crippen molar-refractivity contribution < 1.29 is 0 Å². The fourth-order valence-corrected chi connectivity index (χ4v) is 2.25. The molecule has 0 aliphatic heterocycles. The van der Waals surface area contributed by atoms with Crippen LogP contribution in [0.5, 0.6) is 0 Å². The molecule has 0 heterocycles. The quantitative estimate of drug-likeness (QED) is 0.582. The van der Waals surface area contributed by atoms with Gasteiger partial charge in [0.2, 0.25) is 0 Å². The van der Waals surface area contributed by atoms with Crippen molar-refractivity contribution in [2.75, 3.05) is 0 Å². The van der Waals surface area contributed by atoms with Crippen LogP contribution in [-0.2, 0) is 0 Å². The van der Waals surface area contributed by atoms with E-state index in [0.717, 1.165) is 0 Å². The summed E-state index contributed by atoms with van der Waals surface area (Å²) in [6.07, 6.45) is 5.28. The normalized spacial score (nSPS) is 11.8.